The van der Waals surface area contributed by atoms with Crippen molar-refractivity contribution < 1.29 is 0 Å². The van der Waals surface area contributed by atoms with Crippen LogP contribution in [0.15, 0.2) is 28.7 Å². The average Bonchev–Trinajstić information content (AvgIpc) is 2.78. The van der Waals surface area contributed by atoms with Gasteiger partial charge in [-0.25, -0.2) is 0 Å². The minimum Gasteiger partial charge on any atom is -0.293 e. The molecule has 2 heteroatoms. The molecular formula is C14H18BrN. The van der Waals surface area contributed by atoms with Gasteiger partial charge < -0.3 is 0 Å². The van der Waals surface area contributed by atoms with Crippen LogP contribution in [0.5, 0.6) is 0 Å². The Morgan fingerprint density at radius 2 is 1.75 bits per heavy atom. The summed E-state index contributed by atoms with van der Waals surface area (Å²) in [7, 11) is 0. The van der Waals surface area contributed by atoms with Crippen molar-refractivity contribution in [3.05, 3.63) is 34.3 Å². The van der Waals surface area contributed by atoms with E-state index < -0.39 is 0 Å². The van der Waals surface area contributed by atoms with E-state index in [1.165, 1.54) is 48.7 Å². The van der Waals surface area contributed by atoms with Crippen LogP contribution in [-0.2, 0) is 0 Å². The maximum Gasteiger partial charge on any atom is 0.0351 e. The van der Waals surface area contributed by atoms with Gasteiger partial charge in [0.1, 0.15) is 0 Å². The van der Waals surface area contributed by atoms with Crippen LogP contribution in [0.1, 0.15) is 43.7 Å². The van der Waals surface area contributed by atoms with Crippen molar-refractivity contribution in [2.45, 2.75) is 44.2 Å². The predicted octanol–water partition coefficient (Wildman–Crippen LogP) is 4.14. The third kappa shape index (κ3) is 1.93. The highest BCUT2D eigenvalue weighted by Gasteiger charge is 2.34. The molecule has 2 aliphatic heterocycles. The Morgan fingerprint density at radius 3 is 2.56 bits per heavy atom. The Hall–Kier alpha value is -0.340. The van der Waals surface area contributed by atoms with Crippen molar-refractivity contribution in [2.24, 2.45) is 0 Å². The highest BCUT2D eigenvalue weighted by molar-refractivity contribution is 9.10. The second kappa shape index (κ2) is 4.50. The zero-order chi connectivity index (χ0) is 11.0. The van der Waals surface area contributed by atoms with Gasteiger partial charge in [-0.3, -0.25) is 4.90 Å². The van der Waals surface area contributed by atoms with Crippen LogP contribution < -0.4 is 0 Å². The summed E-state index contributed by atoms with van der Waals surface area (Å²) in [5, 5.41) is 0. The van der Waals surface area contributed by atoms with E-state index in [0.29, 0.717) is 6.04 Å². The van der Waals surface area contributed by atoms with Gasteiger partial charge in [-0.15, -0.1) is 0 Å². The Bertz CT molecular complexity index is 360. The number of hydrogen-bond donors (Lipinski definition) is 0. The molecule has 0 amide bonds. The smallest absolute Gasteiger partial charge is 0.0351 e. The van der Waals surface area contributed by atoms with Gasteiger partial charge in [0.15, 0.2) is 0 Å². The van der Waals surface area contributed by atoms with Crippen molar-refractivity contribution in [1.82, 2.24) is 4.90 Å². The summed E-state index contributed by atoms with van der Waals surface area (Å²) >= 11 is 3.51. The zero-order valence-electron chi connectivity index (χ0n) is 9.53. The number of halogens is 1. The average molecular weight is 280 g/mol. The fraction of sp³-hybridized carbons (Fsp3) is 0.571. The molecule has 16 heavy (non-hydrogen) atoms. The van der Waals surface area contributed by atoms with Crippen molar-refractivity contribution in [3.8, 4) is 0 Å². The Balaban J connectivity index is 1.85. The molecule has 3 rings (SSSR count). The molecule has 0 bridgehead atoms. The molecular weight excluding hydrogens is 262 g/mol. The summed E-state index contributed by atoms with van der Waals surface area (Å²) in [5.74, 6) is 0. The van der Waals surface area contributed by atoms with Gasteiger partial charge in [0, 0.05) is 16.6 Å². The van der Waals surface area contributed by atoms with E-state index in [0.717, 1.165) is 6.04 Å². The lowest BCUT2D eigenvalue weighted by Crippen LogP contribution is -2.37. The third-order valence-electron chi connectivity index (χ3n) is 4.09. The Morgan fingerprint density at radius 1 is 1.00 bits per heavy atom. The normalized spacial score (nSPS) is 30.3. The zero-order valence-corrected chi connectivity index (χ0v) is 11.1. The molecule has 2 fully saturated rings. The minimum absolute atomic E-state index is 0.689. The molecule has 0 N–H and O–H groups in total. The van der Waals surface area contributed by atoms with Crippen LogP contribution >= 0.6 is 15.9 Å². The highest BCUT2D eigenvalue weighted by atomic mass is 79.9. The number of rotatable bonds is 1. The van der Waals surface area contributed by atoms with Crippen LogP contribution in [-0.4, -0.2) is 17.5 Å². The van der Waals surface area contributed by atoms with Crippen molar-refractivity contribution >= 4 is 15.9 Å². The summed E-state index contributed by atoms with van der Waals surface area (Å²) in [5.41, 5.74) is 1.51. The molecule has 0 unspecified atom stereocenters. The second-order valence-corrected chi connectivity index (χ2v) is 5.95. The van der Waals surface area contributed by atoms with Gasteiger partial charge in [-0.05, 0) is 56.3 Å². The SMILES string of the molecule is Brc1ccc([C@H]2CCC[C@@H]3CCCN32)cc1. The first kappa shape index (κ1) is 10.8. The molecule has 0 spiro atoms. The largest absolute Gasteiger partial charge is 0.293 e. The molecule has 2 aliphatic rings. The molecule has 86 valence electrons. The summed E-state index contributed by atoms with van der Waals surface area (Å²) in [6.07, 6.45) is 7.00. The molecule has 2 atom stereocenters. The first-order valence-electron chi connectivity index (χ1n) is 6.36. The van der Waals surface area contributed by atoms with Crippen LogP contribution in [0, 0.1) is 0 Å². The summed E-state index contributed by atoms with van der Waals surface area (Å²) in [6.45, 7) is 1.31. The van der Waals surface area contributed by atoms with Gasteiger partial charge in [0.2, 0.25) is 0 Å². The number of hydrogen-bond acceptors (Lipinski definition) is 1. The lowest BCUT2D eigenvalue weighted by molar-refractivity contribution is 0.123. The van der Waals surface area contributed by atoms with Gasteiger partial charge in [-0.2, -0.15) is 0 Å². The molecule has 0 aliphatic carbocycles. The van der Waals surface area contributed by atoms with Gasteiger partial charge >= 0.3 is 0 Å². The van der Waals surface area contributed by atoms with E-state index in [2.05, 4.69) is 45.1 Å². The van der Waals surface area contributed by atoms with E-state index in [4.69, 9.17) is 0 Å². The van der Waals surface area contributed by atoms with E-state index in [-0.39, 0.29) is 0 Å². The molecule has 1 nitrogen and oxygen atoms in total. The molecule has 2 heterocycles. The van der Waals surface area contributed by atoms with Crippen molar-refractivity contribution in [3.63, 3.8) is 0 Å². The number of piperidine rings is 1. The Labute approximate surface area is 106 Å². The quantitative estimate of drug-likeness (QED) is 0.747. The van der Waals surface area contributed by atoms with Crippen LogP contribution in [0.3, 0.4) is 0 Å². The standard InChI is InChI=1S/C14H18BrN/c15-12-8-6-11(7-9-12)14-5-1-3-13-4-2-10-16(13)14/h6-9,13-14H,1-5,10H2/t13-,14-/m1/s1. The van der Waals surface area contributed by atoms with Gasteiger partial charge in [0.05, 0.1) is 0 Å². The van der Waals surface area contributed by atoms with Crippen molar-refractivity contribution in [2.75, 3.05) is 6.54 Å². The monoisotopic (exact) mass is 279 g/mol. The fourth-order valence-corrected chi connectivity index (χ4v) is 3.60. The molecule has 0 radical (unpaired) electrons. The lowest BCUT2D eigenvalue weighted by atomic mass is 9.92. The van der Waals surface area contributed by atoms with Crippen LogP contribution in [0.4, 0.5) is 0 Å². The molecule has 0 aromatic heterocycles. The van der Waals surface area contributed by atoms with Crippen molar-refractivity contribution in [1.29, 1.82) is 0 Å². The first-order valence-corrected chi connectivity index (χ1v) is 7.15. The first-order chi connectivity index (χ1) is 7.84. The van der Waals surface area contributed by atoms with Gasteiger partial charge in [-0.1, -0.05) is 28.1 Å². The maximum atomic E-state index is 3.51. The maximum absolute atomic E-state index is 3.51. The molecule has 0 saturated carbocycles. The van der Waals surface area contributed by atoms with E-state index in [1.54, 1.807) is 0 Å². The van der Waals surface area contributed by atoms with Crippen LogP contribution in [0.25, 0.3) is 0 Å². The molecule has 1 aromatic rings. The lowest BCUT2D eigenvalue weighted by Gasteiger charge is -2.38. The number of nitrogens with zero attached hydrogens (tertiary/aromatic N) is 1. The van der Waals surface area contributed by atoms with Crippen LogP contribution in [0.2, 0.25) is 0 Å². The summed E-state index contributed by atoms with van der Waals surface area (Å²) < 4.78 is 1.19. The van der Waals surface area contributed by atoms with E-state index >= 15 is 0 Å². The fourth-order valence-electron chi connectivity index (χ4n) is 3.33. The Kier molecular flexibility index (Phi) is 3.03. The second-order valence-electron chi connectivity index (χ2n) is 5.03. The minimum atomic E-state index is 0.689. The third-order valence-corrected chi connectivity index (χ3v) is 4.62. The predicted molar refractivity (Wildman–Crippen MR) is 70.5 cm³/mol. The van der Waals surface area contributed by atoms with Gasteiger partial charge in [0.25, 0.3) is 0 Å². The summed E-state index contributed by atoms with van der Waals surface area (Å²) in [6, 6.07) is 10.5. The highest BCUT2D eigenvalue weighted by Crippen LogP contribution is 2.39. The summed E-state index contributed by atoms with van der Waals surface area (Å²) in [4.78, 5) is 2.74. The van der Waals surface area contributed by atoms with E-state index in [1.807, 2.05) is 0 Å². The molecule has 2 saturated heterocycles. The number of fused-ring (bicyclic) bond motifs is 1. The van der Waals surface area contributed by atoms with E-state index in [9.17, 15) is 0 Å². The molecule has 1 aromatic carbocycles. The number of benzene rings is 1. The topological polar surface area (TPSA) is 3.24 Å².